The molecule has 0 saturated heterocycles. The third kappa shape index (κ3) is 2.15. The number of nitrogen functional groups attached to an aromatic ring is 1. The highest BCUT2D eigenvalue weighted by Gasteiger charge is 2.35. The Hall–Kier alpha value is -3.01. The van der Waals surface area contributed by atoms with Crippen molar-refractivity contribution >= 4 is 17.5 Å². The summed E-state index contributed by atoms with van der Waals surface area (Å²) < 4.78 is 13.2. The lowest BCUT2D eigenvalue weighted by Crippen LogP contribution is -2.30. The summed E-state index contributed by atoms with van der Waals surface area (Å²) in [6.07, 6.45) is 0. The molecule has 3 N–H and O–H groups in total. The second-order valence-electron chi connectivity index (χ2n) is 5.08. The van der Waals surface area contributed by atoms with Crippen LogP contribution in [-0.2, 0) is 0 Å². The molecule has 6 nitrogen and oxygen atoms in total. The number of aromatic nitrogens is 2. The van der Waals surface area contributed by atoms with E-state index in [2.05, 4.69) is 21.0 Å². The van der Waals surface area contributed by atoms with Crippen LogP contribution in [0, 0.1) is 23.1 Å². The van der Waals surface area contributed by atoms with Gasteiger partial charge in [0.25, 0.3) is 5.56 Å². The Morgan fingerprint density at radius 1 is 1.36 bits per heavy atom. The Kier molecular flexibility index (Phi) is 3.22. The number of nitrogens with one attached hydrogen (secondary N) is 1. The van der Waals surface area contributed by atoms with Crippen LogP contribution in [0.1, 0.15) is 24.0 Å². The van der Waals surface area contributed by atoms with Crippen LogP contribution < -0.4 is 11.3 Å². The first-order valence-electron chi connectivity index (χ1n) is 6.61. The van der Waals surface area contributed by atoms with E-state index >= 15 is 0 Å². The average Bonchev–Trinajstić information content (AvgIpc) is 2.46. The van der Waals surface area contributed by atoms with Crippen LogP contribution in [-0.4, -0.2) is 15.7 Å². The maximum absolute atomic E-state index is 13.2. The molecule has 0 radical (unpaired) electrons. The molecule has 1 aliphatic rings. The minimum absolute atomic E-state index is 0.0337. The Bertz CT molecular complexity index is 863. The lowest BCUT2D eigenvalue weighted by atomic mass is 9.78. The first-order valence-corrected chi connectivity index (χ1v) is 6.61. The zero-order valence-electron chi connectivity index (χ0n) is 11.7. The van der Waals surface area contributed by atoms with E-state index in [1.54, 1.807) is 19.1 Å². The van der Waals surface area contributed by atoms with Crippen LogP contribution in [0.2, 0.25) is 0 Å². The largest absolute Gasteiger partial charge is 0.369 e. The number of fused-ring (bicyclic) bond motifs is 1. The van der Waals surface area contributed by atoms with Gasteiger partial charge in [-0.05, 0) is 24.6 Å². The monoisotopic (exact) mass is 297 g/mol. The molecule has 0 spiro atoms. The number of nitrogens with two attached hydrogens (primary N) is 1. The van der Waals surface area contributed by atoms with E-state index in [1.165, 1.54) is 12.1 Å². The number of H-pyrrole nitrogens is 1. The van der Waals surface area contributed by atoms with Crippen LogP contribution in [0.4, 0.5) is 16.2 Å². The van der Waals surface area contributed by atoms with Gasteiger partial charge in [-0.2, -0.15) is 10.2 Å². The zero-order valence-corrected chi connectivity index (χ0v) is 11.7. The summed E-state index contributed by atoms with van der Waals surface area (Å²) in [5, 5.41) is 9.46. The summed E-state index contributed by atoms with van der Waals surface area (Å²) in [5.74, 6) is -1.39. The lowest BCUT2D eigenvalue weighted by molar-refractivity contribution is 0.624. The van der Waals surface area contributed by atoms with Crippen LogP contribution in [0.15, 0.2) is 34.1 Å². The predicted octanol–water partition coefficient (Wildman–Crippen LogP) is 1.87. The number of benzene rings is 1. The van der Waals surface area contributed by atoms with E-state index in [9.17, 15) is 14.4 Å². The fourth-order valence-corrected chi connectivity index (χ4v) is 2.69. The summed E-state index contributed by atoms with van der Waals surface area (Å²) >= 11 is 0. The standard InChI is InChI=1S/C15H12FN5O/c1-7-10(6-17)11(8-2-4-9(16)5-3-8)12-13(19-7)20-15(18)21-14(12)22/h2-5,10-11H,1H3,(H3,18,20,21,22). The first kappa shape index (κ1) is 13.9. The van der Waals surface area contributed by atoms with Gasteiger partial charge in [0.05, 0.1) is 17.6 Å². The number of anilines is 1. The second kappa shape index (κ2) is 5.07. The topological polar surface area (TPSA) is 108 Å². The molecule has 1 aromatic carbocycles. The average molecular weight is 297 g/mol. The molecular weight excluding hydrogens is 285 g/mol. The smallest absolute Gasteiger partial charge is 0.258 e. The van der Waals surface area contributed by atoms with E-state index in [1.807, 2.05) is 0 Å². The highest BCUT2D eigenvalue weighted by atomic mass is 19.1. The maximum Gasteiger partial charge on any atom is 0.258 e. The summed E-state index contributed by atoms with van der Waals surface area (Å²) in [6, 6.07) is 7.87. The van der Waals surface area contributed by atoms with Crippen molar-refractivity contribution in [3.05, 3.63) is 51.6 Å². The third-order valence-corrected chi connectivity index (χ3v) is 3.70. The van der Waals surface area contributed by atoms with Crippen LogP contribution in [0.5, 0.6) is 0 Å². The van der Waals surface area contributed by atoms with Crippen molar-refractivity contribution in [2.24, 2.45) is 10.9 Å². The van der Waals surface area contributed by atoms with Crippen LogP contribution >= 0.6 is 0 Å². The summed E-state index contributed by atoms with van der Waals surface area (Å²) in [4.78, 5) is 23.0. The highest BCUT2D eigenvalue weighted by Crippen LogP contribution is 2.39. The van der Waals surface area contributed by atoms with Gasteiger partial charge < -0.3 is 5.73 Å². The van der Waals surface area contributed by atoms with Gasteiger partial charge in [0.2, 0.25) is 5.95 Å². The van der Waals surface area contributed by atoms with E-state index in [0.717, 1.165) is 0 Å². The molecule has 1 aromatic heterocycles. The third-order valence-electron chi connectivity index (χ3n) is 3.70. The van der Waals surface area contributed by atoms with Gasteiger partial charge in [-0.15, -0.1) is 0 Å². The highest BCUT2D eigenvalue weighted by molar-refractivity contribution is 5.92. The van der Waals surface area contributed by atoms with Crippen molar-refractivity contribution in [2.75, 3.05) is 5.73 Å². The predicted molar refractivity (Wildman–Crippen MR) is 79.4 cm³/mol. The normalized spacial score (nSPS) is 20.0. The van der Waals surface area contributed by atoms with Crippen molar-refractivity contribution in [3.8, 4) is 6.07 Å². The molecule has 3 rings (SSSR count). The molecule has 2 heterocycles. The molecule has 7 heteroatoms. The lowest BCUT2D eigenvalue weighted by Gasteiger charge is -2.26. The molecule has 110 valence electrons. The van der Waals surface area contributed by atoms with Gasteiger partial charge in [-0.25, -0.2) is 9.38 Å². The minimum Gasteiger partial charge on any atom is -0.369 e. The Balaban J connectivity index is 2.28. The van der Waals surface area contributed by atoms with Crippen molar-refractivity contribution in [2.45, 2.75) is 12.8 Å². The van der Waals surface area contributed by atoms with Crippen molar-refractivity contribution < 1.29 is 4.39 Å². The van der Waals surface area contributed by atoms with E-state index in [4.69, 9.17) is 5.73 Å². The number of nitrogens with zero attached hydrogens (tertiary/aromatic N) is 3. The Labute approximate surface area is 125 Å². The molecule has 22 heavy (non-hydrogen) atoms. The van der Waals surface area contributed by atoms with Gasteiger partial charge in [-0.1, -0.05) is 12.1 Å². The van der Waals surface area contributed by atoms with Gasteiger partial charge in [-0.3, -0.25) is 9.78 Å². The molecule has 0 amide bonds. The molecule has 2 atom stereocenters. The first-order chi connectivity index (χ1) is 10.5. The van der Waals surface area contributed by atoms with Crippen molar-refractivity contribution in [1.82, 2.24) is 9.97 Å². The van der Waals surface area contributed by atoms with Gasteiger partial charge in [0.1, 0.15) is 5.82 Å². The van der Waals surface area contributed by atoms with Crippen molar-refractivity contribution in [1.29, 1.82) is 5.26 Å². The van der Waals surface area contributed by atoms with Gasteiger partial charge in [0, 0.05) is 11.6 Å². The van der Waals surface area contributed by atoms with Gasteiger partial charge >= 0.3 is 0 Å². The maximum atomic E-state index is 13.2. The summed E-state index contributed by atoms with van der Waals surface area (Å²) in [7, 11) is 0. The molecule has 0 saturated carbocycles. The Morgan fingerprint density at radius 3 is 2.68 bits per heavy atom. The molecule has 2 aromatic rings. The van der Waals surface area contributed by atoms with E-state index in [0.29, 0.717) is 11.3 Å². The molecule has 0 fully saturated rings. The number of hydrogen-bond acceptors (Lipinski definition) is 5. The fourth-order valence-electron chi connectivity index (χ4n) is 2.69. The van der Waals surface area contributed by atoms with E-state index < -0.39 is 17.4 Å². The van der Waals surface area contributed by atoms with Crippen molar-refractivity contribution in [3.63, 3.8) is 0 Å². The number of aromatic amines is 1. The summed E-state index contributed by atoms with van der Waals surface area (Å²) in [6.45, 7) is 1.70. The number of halogens is 1. The molecule has 1 aliphatic heterocycles. The quantitative estimate of drug-likeness (QED) is 0.837. The van der Waals surface area contributed by atoms with Crippen LogP contribution in [0.3, 0.4) is 0 Å². The number of aliphatic imine (C=N–C) groups is 1. The Morgan fingerprint density at radius 2 is 2.05 bits per heavy atom. The second-order valence-corrected chi connectivity index (χ2v) is 5.08. The minimum atomic E-state index is -0.621. The molecule has 0 bridgehead atoms. The van der Waals surface area contributed by atoms with Gasteiger partial charge in [0.15, 0.2) is 5.82 Å². The summed E-state index contributed by atoms with van der Waals surface area (Å²) in [5.41, 5.74) is 6.58. The SMILES string of the molecule is CC1=Nc2nc(N)[nH]c(=O)c2C(c2ccc(F)cc2)C1C#N. The number of hydrogen-bond donors (Lipinski definition) is 2. The number of nitriles is 1. The number of rotatable bonds is 1. The zero-order chi connectivity index (χ0) is 15.9. The van der Waals surface area contributed by atoms with Crippen LogP contribution in [0.25, 0.3) is 0 Å². The van der Waals surface area contributed by atoms with E-state index in [-0.39, 0.29) is 23.1 Å². The fraction of sp³-hybridized carbons (Fsp3) is 0.200. The molecule has 2 unspecified atom stereocenters. The molecule has 0 aliphatic carbocycles. The molecular formula is C15H12FN5O.